The SMILES string of the molecule is O=C1NCc2cc(-c3ccc(Nc4ccc(N5CCC(N6CCCCC6)CC5)nc4)c4ncnn34)ccc21. The lowest BCUT2D eigenvalue weighted by Crippen LogP contribution is -2.46. The van der Waals surface area contributed by atoms with Gasteiger partial charge >= 0.3 is 0 Å². The Balaban J connectivity index is 1.05. The molecule has 0 atom stereocenters. The Kier molecular flexibility index (Phi) is 5.92. The van der Waals surface area contributed by atoms with Crippen molar-refractivity contribution in [2.45, 2.75) is 44.7 Å². The van der Waals surface area contributed by atoms with Crippen LogP contribution in [-0.2, 0) is 6.54 Å². The van der Waals surface area contributed by atoms with Crippen LogP contribution in [0.2, 0.25) is 0 Å². The summed E-state index contributed by atoms with van der Waals surface area (Å²) in [4.78, 5) is 26.3. The van der Waals surface area contributed by atoms with Crippen molar-refractivity contribution >= 4 is 28.7 Å². The number of nitrogens with one attached hydrogen (secondary N) is 2. The molecule has 3 aliphatic heterocycles. The molecule has 2 fully saturated rings. The molecule has 0 radical (unpaired) electrons. The maximum absolute atomic E-state index is 11.9. The molecule has 38 heavy (non-hydrogen) atoms. The molecular weight excluding hydrogens is 476 g/mol. The second kappa shape index (κ2) is 9.72. The Morgan fingerprint density at radius 1 is 0.921 bits per heavy atom. The fraction of sp³-hybridized carbons (Fsp3) is 0.379. The first-order chi connectivity index (χ1) is 18.7. The van der Waals surface area contributed by atoms with Crippen LogP contribution in [0.1, 0.15) is 48.0 Å². The van der Waals surface area contributed by atoms with Crippen molar-refractivity contribution in [3.05, 3.63) is 66.1 Å². The number of carbonyl (C=O) groups excluding carboxylic acids is 1. The minimum atomic E-state index is -0.0152. The molecule has 6 heterocycles. The summed E-state index contributed by atoms with van der Waals surface area (Å²) in [5.74, 6) is 1.03. The Labute approximate surface area is 221 Å². The Hall–Kier alpha value is -3.98. The average Bonchev–Trinajstić information content (AvgIpc) is 3.62. The summed E-state index contributed by atoms with van der Waals surface area (Å²) in [6, 6.07) is 14.9. The molecule has 0 unspecified atom stereocenters. The molecule has 3 aliphatic rings. The van der Waals surface area contributed by atoms with Crippen LogP contribution in [0.25, 0.3) is 16.9 Å². The Bertz CT molecular complexity index is 1470. The van der Waals surface area contributed by atoms with Crippen LogP contribution in [0.5, 0.6) is 0 Å². The molecule has 7 rings (SSSR count). The summed E-state index contributed by atoms with van der Waals surface area (Å²) in [5, 5.41) is 10.8. The van der Waals surface area contributed by atoms with Crippen LogP contribution in [0.3, 0.4) is 0 Å². The lowest BCUT2D eigenvalue weighted by molar-refractivity contribution is 0.0965. The quantitative estimate of drug-likeness (QED) is 0.417. The molecule has 194 valence electrons. The minimum absolute atomic E-state index is 0.0152. The van der Waals surface area contributed by atoms with Gasteiger partial charge in [0.2, 0.25) is 0 Å². The van der Waals surface area contributed by atoms with Gasteiger partial charge in [-0.2, -0.15) is 5.10 Å². The molecule has 0 aliphatic carbocycles. The van der Waals surface area contributed by atoms with Crippen molar-refractivity contribution in [2.75, 3.05) is 36.4 Å². The number of benzene rings is 1. The van der Waals surface area contributed by atoms with Crippen LogP contribution in [0, 0.1) is 0 Å². The van der Waals surface area contributed by atoms with Crippen LogP contribution < -0.4 is 15.5 Å². The number of nitrogens with zero attached hydrogens (tertiary/aromatic N) is 6. The first kappa shape index (κ1) is 23.2. The van der Waals surface area contributed by atoms with Crippen molar-refractivity contribution in [3.8, 4) is 11.3 Å². The first-order valence-corrected chi connectivity index (χ1v) is 13.7. The molecule has 0 saturated carbocycles. The van der Waals surface area contributed by atoms with Gasteiger partial charge in [0.05, 0.1) is 23.3 Å². The van der Waals surface area contributed by atoms with E-state index in [2.05, 4.69) is 48.7 Å². The highest BCUT2D eigenvalue weighted by Crippen LogP contribution is 2.30. The molecule has 9 heteroatoms. The standard InChI is InChI=1S/C29H32N8O/c38-29-24-6-4-20(16-21(24)17-31-29)26-8-7-25(28-32-19-33-37(26)28)34-22-5-9-27(30-18-22)36-14-10-23(11-15-36)35-12-2-1-3-13-35/h4-9,16,18-19,23,34H,1-3,10-15,17H2,(H,31,38). The lowest BCUT2D eigenvalue weighted by atomic mass is 10.00. The van der Waals surface area contributed by atoms with E-state index in [0.717, 1.165) is 64.4 Å². The predicted octanol–water partition coefficient (Wildman–Crippen LogP) is 4.23. The van der Waals surface area contributed by atoms with E-state index >= 15 is 0 Å². The lowest BCUT2D eigenvalue weighted by Gasteiger charge is -2.40. The predicted molar refractivity (Wildman–Crippen MR) is 148 cm³/mol. The normalized spacial score (nSPS) is 18.5. The summed E-state index contributed by atoms with van der Waals surface area (Å²) < 4.78 is 1.84. The molecule has 9 nitrogen and oxygen atoms in total. The van der Waals surface area contributed by atoms with Gasteiger partial charge in [-0.15, -0.1) is 0 Å². The topological polar surface area (TPSA) is 90.7 Å². The van der Waals surface area contributed by atoms with Crippen molar-refractivity contribution in [3.63, 3.8) is 0 Å². The van der Waals surface area contributed by atoms with Gasteiger partial charge in [-0.05, 0) is 80.7 Å². The fourth-order valence-electron chi connectivity index (χ4n) is 6.16. The van der Waals surface area contributed by atoms with Gasteiger partial charge in [0.25, 0.3) is 5.91 Å². The third-order valence-corrected chi connectivity index (χ3v) is 8.23. The van der Waals surface area contributed by atoms with Crippen molar-refractivity contribution < 1.29 is 4.79 Å². The number of hydrogen-bond donors (Lipinski definition) is 2. The summed E-state index contributed by atoms with van der Waals surface area (Å²) in [7, 11) is 0. The zero-order valence-corrected chi connectivity index (χ0v) is 21.4. The number of piperidine rings is 2. The molecule has 0 bridgehead atoms. The van der Waals surface area contributed by atoms with Crippen molar-refractivity contribution in [2.24, 2.45) is 0 Å². The fourth-order valence-corrected chi connectivity index (χ4v) is 6.16. The highest BCUT2D eigenvalue weighted by atomic mass is 16.1. The van der Waals surface area contributed by atoms with Crippen LogP contribution in [0.4, 0.5) is 17.2 Å². The third kappa shape index (κ3) is 4.26. The number of likely N-dealkylation sites (tertiary alicyclic amines) is 1. The molecule has 1 aromatic carbocycles. The van der Waals surface area contributed by atoms with E-state index in [1.165, 1.54) is 45.2 Å². The highest BCUT2D eigenvalue weighted by Gasteiger charge is 2.26. The van der Waals surface area contributed by atoms with E-state index in [1.54, 1.807) is 6.33 Å². The summed E-state index contributed by atoms with van der Waals surface area (Å²) in [5.41, 5.74) is 6.18. The summed E-state index contributed by atoms with van der Waals surface area (Å²) in [6.45, 7) is 5.23. The second-order valence-electron chi connectivity index (χ2n) is 10.5. The van der Waals surface area contributed by atoms with E-state index in [0.29, 0.717) is 6.54 Å². The smallest absolute Gasteiger partial charge is 0.251 e. The number of fused-ring (bicyclic) bond motifs is 2. The van der Waals surface area contributed by atoms with Crippen molar-refractivity contribution in [1.29, 1.82) is 0 Å². The number of hydrogen-bond acceptors (Lipinski definition) is 7. The number of aromatic nitrogens is 4. The van der Waals surface area contributed by atoms with Gasteiger partial charge in [-0.25, -0.2) is 14.5 Å². The molecule has 4 aromatic rings. The van der Waals surface area contributed by atoms with E-state index < -0.39 is 0 Å². The Morgan fingerprint density at radius 3 is 2.61 bits per heavy atom. The number of rotatable bonds is 5. The number of pyridine rings is 2. The van der Waals surface area contributed by atoms with Gasteiger partial charge in [-0.1, -0.05) is 12.5 Å². The van der Waals surface area contributed by atoms with Gasteiger partial charge in [-0.3, -0.25) is 4.79 Å². The average molecular weight is 509 g/mol. The van der Waals surface area contributed by atoms with Gasteiger partial charge < -0.3 is 20.4 Å². The molecule has 0 spiro atoms. The van der Waals surface area contributed by atoms with Crippen LogP contribution in [-0.4, -0.2) is 62.6 Å². The van der Waals surface area contributed by atoms with E-state index in [-0.39, 0.29) is 5.91 Å². The largest absolute Gasteiger partial charge is 0.357 e. The van der Waals surface area contributed by atoms with E-state index in [4.69, 9.17) is 4.98 Å². The minimum Gasteiger partial charge on any atom is -0.357 e. The van der Waals surface area contributed by atoms with Gasteiger partial charge in [0.1, 0.15) is 12.1 Å². The number of carbonyl (C=O) groups is 1. The summed E-state index contributed by atoms with van der Waals surface area (Å²) >= 11 is 0. The van der Waals surface area contributed by atoms with Crippen LogP contribution in [0.15, 0.2) is 55.0 Å². The maximum Gasteiger partial charge on any atom is 0.251 e. The molecular formula is C29H32N8O. The molecule has 2 N–H and O–H groups in total. The first-order valence-electron chi connectivity index (χ1n) is 13.7. The van der Waals surface area contributed by atoms with E-state index in [1.807, 2.05) is 35.0 Å². The molecule has 2 saturated heterocycles. The summed E-state index contributed by atoms with van der Waals surface area (Å²) in [6.07, 6.45) is 10.0. The van der Waals surface area contributed by atoms with E-state index in [9.17, 15) is 4.79 Å². The van der Waals surface area contributed by atoms with Crippen molar-refractivity contribution in [1.82, 2.24) is 29.8 Å². The second-order valence-corrected chi connectivity index (χ2v) is 10.5. The zero-order valence-electron chi connectivity index (χ0n) is 21.4. The number of anilines is 3. The number of amides is 1. The molecule has 3 aromatic heterocycles. The third-order valence-electron chi connectivity index (χ3n) is 8.23. The maximum atomic E-state index is 11.9. The molecule has 1 amide bonds. The van der Waals surface area contributed by atoms with Gasteiger partial charge in [0.15, 0.2) is 5.65 Å². The van der Waals surface area contributed by atoms with Gasteiger partial charge in [0, 0.05) is 36.8 Å². The van der Waals surface area contributed by atoms with Crippen LogP contribution >= 0.6 is 0 Å². The Morgan fingerprint density at radius 2 is 1.79 bits per heavy atom. The zero-order chi connectivity index (χ0) is 25.5. The highest BCUT2D eigenvalue weighted by molar-refractivity contribution is 5.98. The monoisotopic (exact) mass is 508 g/mol.